The van der Waals surface area contributed by atoms with E-state index in [1.54, 1.807) is 4.57 Å². The number of hydrogen-bond donors (Lipinski definition) is 2. The number of aliphatic carboxylic acids is 1. The highest BCUT2D eigenvalue weighted by Crippen LogP contribution is 2.28. The molecule has 2 rings (SSSR count). The monoisotopic (exact) mass is 285 g/mol. The van der Waals surface area contributed by atoms with Crippen LogP contribution in [-0.4, -0.2) is 31.6 Å². The van der Waals surface area contributed by atoms with Crippen LogP contribution in [-0.2, 0) is 4.79 Å². The zero-order valence-electron chi connectivity index (χ0n) is 10.8. The first-order chi connectivity index (χ1) is 9.18. The van der Waals surface area contributed by atoms with Crippen LogP contribution >= 0.6 is 11.8 Å². The Morgan fingerprint density at radius 3 is 2.58 bits per heavy atom. The van der Waals surface area contributed by atoms with Crippen LogP contribution in [0, 0.1) is 0 Å². The lowest BCUT2D eigenvalue weighted by atomic mass is 9.97. The molecule has 1 aromatic rings. The molecule has 0 aromatic carbocycles. The fraction of sp³-hybridized carbons (Fsp3) is 0.750. The van der Waals surface area contributed by atoms with E-state index >= 15 is 0 Å². The van der Waals surface area contributed by atoms with Gasteiger partial charge >= 0.3 is 11.7 Å². The van der Waals surface area contributed by atoms with Crippen LogP contribution in [0.3, 0.4) is 0 Å². The van der Waals surface area contributed by atoms with Crippen molar-refractivity contribution in [1.82, 2.24) is 14.8 Å². The molecule has 7 heteroatoms. The molecular formula is C12H19N3O3S. The molecule has 1 heterocycles. The van der Waals surface area contributed by atoms with E-state index in [1.807, 2.05) is 0 Å². The standard InChI is InChI=1S/C12H19N3O3S/c16-10(17)8-19-12-14-13-11(18)15(12)9-6-4-2-1-3-5-7-9/h9H,1-8H2,(H,13,18)(H,16,17). The summed E-state index contributed by atoms with van der Waals surface area (Å²) in [5.74, 6) is -0.971. The maximum absolute atomic E-state index is 11.9. The molecule has 19 heavy (non-hydrogen) atoms. The number of aromatic amines is 1. The zero-order chi connectivity index (χ0) is 13.7. The molecule has 0 amide bonds. The highest BCUT2D eigenvalue weighted by Gasteiger charge is 2.20. The molecule has 106 valence electrons. The molecule has 6 nitrogen and oxygen atoms in total. The molecule has 1 aliphatic carbocycles. The number of nitrogens with one attached hydrogen (secondary N) is 1. The van der Waals surface area contributed by atoms with E-state index in [9.17, 15) is 9.59 Å². The second-order valence-electron chi connectivity index (χ2n) is 4.86. The molecule has 0 bridgehead atoms. The van der Waals surface area contributed by atoms with Crippen LogP contribution in [0.25, 0.3) is 0 Å². The highest BCUT2D eigenvalue weighted by atomic mass is 32.2. The molecule has 0 aliphatic heterocycles. The van der Waals surface area contributed by atoms with Crippen LogP contribution in [0.15, 0.2) is 9.95 Å². The van der Waals surface area contributed by atoms with E-state index in [4.69, 9.17) is 5.11 Å². The maximum Gasteiger partial charge on any atom is 0.344 e. The topological polar surface area (TPSA) is 88.0 Å². The van der Waals surface area contributed by atoms with Crippen LogP contribution in [0.4, 0.5) is 0 Å². The van der Waals surface area contributed by atoms with Crippen LogP contribution < -0.4 is 5.69 Å². The average molecular weight is 285 g/mol. The Kier molecular flexibility index (Phi) is 5.07. The molecule has 1 aliphatic rings. The van der Waals surface area contributed by atoms with Crippen LogP contribution in [0.5, 0.6) is 0 Å². The number of thioether (sulfide) groups is 1. The molecule has 0 spiro atoms. The van der Waals surface area contributed by atoms with Gasteiger partial charge in [-0.15, -0.1) is 5.10 Å². The smallest absolute Gasteiger partial charge is 0.344 e. The van der Waals surface area contributed by atoms with Crippen molar-refractivity contribution in [2.75, 3.05) is 5.75 Å². The van der Waals surface area contributed by atoms with Gasteiger partial charge in [-0.3, -0.25) is 9.36 Å². The number of H-pyrrole nitrogens is 1. The first-order valence-corrected chi connectivity index (χ1v) is 7.68. The summed E-state index contributed by atoms with van der Waals surface area (Å²) in [6.45, 7) is 0. The Labute approximate surface area is 115 Å². The van der Waals surface area contributed by atoms with Crippen LogP contribution in [0.2, 0.25) is 0 Å². The minimum absolute atomic E-state index is 0.0724. The van der Waals surface area contributed by atoms with Gasteiger partial charge in [0.1, 0.15) is 0 Å². The molecular weight excluding hydrogens is 266 g/mol. The van der Waals surface area contributed by atoms with Crippen LogP contribution in [0.1, 0.15) is 51.0 Å². The molecule has 0 atom stereocenters. The van der Waals surface area contributed by atoms with Gasteiger partial charge in [-0.05, 0) is 12.8 Å². The molecule has 1 saturated carbocycles. The highest BCUT2D eigenvalue weighted by molar-refractivity contribution is 7.99. The SMILES string of the molecule is O=C(O)CSc1n[nH]c(=O)n1C1CCCCCCC1. The van der Waals surface area contributed by atoms with Crippen molar-refractivity contribution in [3.05, 3.63) is 10.5 Å². The third-order valence-electron chi connectivity index (χ3n) is 3.44. The van der Waals surface area contributed by atoms with Crippen molar-refractivity contribution in [2.45, 2.75) is 56.1 Å². The van der Waals surface area contributed by atoms with E-state index in [1.165, 1.54) is 19.3 Å². The predicted molar refractivity (Wildman–Crippen MR) is 72.6 cm³/mol. The van der Waals surface area contributed by atoms with Crippen molar-refractivity contribution < 1.29 is 9.90 Å². The van der Waals surface area contributed by atoms with Crippen molar-refractivity contribution >= 4 is 17.7 Å². The predicted octanol–water partition coefficient (Wildman–Crippen LogP) is 2.03. The van der Waals surface area contributed by atoms with Crippen molar-refractivity contribution in [2.24, 2.45) is 0 Å². The molecule has 0 radical (unpaired) electrons. The minimum atomic E-state index is -0.898. The van der Waals surface area contributed by atoms with Crippen molar-refractivity contribution in [1.29, 1.82) is 0 Å². The molecule has 1 aromatic heterocycles. The summed E-state index contributed by atoms with van der Waals surface area (Å²) in [7, 11) is 0. The Morgan fingerprint density at radius 1 is 1.32 bits per heavy atom. The van der Waals surface area contributed by atoms with Gasteiger partial charge in [0.05, 0.1) is 5.75 Å². The number of carboxylic acids is 1. The average Bonchev–Trinajstić information content (AvgIpc) is 2.68. The summed E-state index contributed by atoms with van der Waals surface area (Å²) in [6.07, 6.45) is 7.87. The number of hydrogen-bond acceptors (Lipinski definition) is 4. The van der Waals surface area contributed by atoms with E-state index in [-0.39, 0.29) is 17.5 Å². The summed E-state index contributed by atoms with van der Waals surface area (Å²) < 4.78 is 1.65. The first kappa shape index (κ1) is 14.2. The van der Waals surface area contributed by atoms with E-state index in [0.29, 0.717) is 5.16 Å². The largest absolute Gasteiger partial charge is 0.481 e. The van der Waals surface area contributed by atoms with Gasteiger partial charge in [-0.2, -0.15) is 0 Å². The molecule has 2 N–H and O–H groups in total. The lowest BCUT2D eigenvalue weighted by molar-refractivity contribution is -0.133. The second-order valence-corrected chi connectivity index (χ2v) is 5.81. The summed E-state index contributed by atoms with van der Waals surface area (Å²) in [4.78, 5) is 22.5. The van der Waals surface area contributed by atoms with Gasteiger partial charge in [0.25, 0.3) is 0 Å². The summed E-state index contributed by atoms with van der Waals surface area (Å²) in [5.41, 5.74) is -0.224. The van der Waals surface area contributed by atoms with Gasteiger partial charge < -0.3 is 5.11 Å². The van der Waals surface area contributed by atoms with Gasteiger partial charge in [0, 0.05) is 6.04 Å². The third kappa shape index (κ3) is 3.86. The Balaban J connectivity index is 2.14. The number of carboxylic acid groups (broad SMARTS) is 1. The number of rotatable bonds is 4. The molecule has 0 unspecified atom stereocenters. The van der Waals surface area contributed by atoms with E-state index in [2.05, 4.69) is 10.2 Å². The van der Waals surface area contributed by atoms with Gasteiger partial charge in [-0.25, -0.2) is 9.89 Å². The quantitative estimate of drug-likeness (QED) is 0.826. The second kappa shape index (κ2) is 6.79. The number of nitrogens with zero attached hydrogens (tertiary/aromatic N) is 2. The number of aromatic nitrogens is 3. The first-order valence-electron chi connectivity index (χ1n) is 6.70. The van der Waals surface area contributed by atoms with E-state index < -0.39 is 5.97 Å². The van der Waals surface area contributed by atoms with Gasteiger partial charge in [-0.1, -0.05) is 43.9 Å². The van der Waals surface area contributed by atoms with Gasteiger partial charge in [0.2, 0.25) is 0 Å². The number of carbonyl (C=O) groups is 1. The Morgan fingerprint density at radius 2 is 1.95 bits per heavy atom. The van der Waals surface area contributed by atoms with Crippen molar-refractivity contribution in [3.8, 4) is 0 Å². The Bertz CT molecular complexity index is 475. The maximum atomic E-state index is 11.9. The zero-order valence-corrected chi connectivity index (χ0v) is 11.6. The summed E-state index contributed by atoms with van der Waals surface area (Å²) in [5, 5.41) is 15.6. The molecule has 1 fully saturated rings. The lowest BCUT2D eigenvalue weighted by Crippen LogP contribution is -2.24. The summed E-state index contributed by atoms with van der Waals surface area (Å²) in [6, 6.07) is 0.155. The summed E-state index contributed by atoms with van der Waals surface area (Å²) >= 11 is 1.10. The fourth-order valence-corrected chi connectivity index (χ4v) is 3.27. The van der Waals surface area contributed by atoms with E-state index in [0.717, 1.165) is 37.4 Å². The lowest BCUT2D eigenvalue weighted by Gasteiger charge is -2.21. The Hall–Kier alpha value is -1.24. The third-order valence-corrected chi connectivity index (χ3v) is 4.37. The molecule has 0 saturated heterocycles. The normalized spacial score (nSPS) is 17.9. The fourth-order valence-electron chi connectivity index (χ4n) is 2.53. The minimum Gasteiger partial charge on any atom is -0.481 e. The van der Waals surface area contributed by atoms with Crippen molar-refractivity contribution in [3.63, 3.8) is 0 Å². The van der Waals surface area contributed by atoms with Gasteiger partial charge in [0.15, 0.2) is 5.16 Å².